The summed E-state index contributed by atoms with van der Waals surface area (Å²) in [5.41, 5.74) is 2.06. The standard InChI is InChI=1S/C25H31F3N3O3PS/c26-20-3-1-18(2-4-20)24(19-9-13-29-14-10-19)17-30-21-11-15-31(16-12-21)36(32,33)23-7-5-22(6-8-23)34-25(27,28)35/h1-8,19,24,29H,9-17,35H2. The summed E-state index contributed by atoms with van der Waals surface area (Å²) in [6, 6.07) is 11.7. The number of aliphatic imine (C=N–C) groups is 1. The zero-order valence-corrected chi connectivity index (χ0v) is 21.8. The monoisotopic (exact) mass is 541 g/mol. The van der Waals surface area contributed by atoms with Gasteiger partial charge in [0.25, 0.3) is 0 Å². The second-order valence-electron chi connectivity index (χ2n) is 9.19. The van der Waals surface area contributed by atoms with Gasteiger partial charge in [-0.2, -0.15) is 13.1 Å². The zero-order chi connectivity index (χ0) is 25.8. The Morgan fingerprint density at radius 2 is 1.67 bits per heavy atom. The fourth-order valence-corrected chi connectivity index (χ4v) is 6.42. The predicted octanol–water partition coefficient (Wildman–Crippen LogP) is 4.64. The summed E-state index contributed by atoms with van der Waals surface area (Å²) in [6.07, 6.45) is 3.14. The van der Waals surface area contributed by atoms with Crippen LogP contribution in [0.2, 0.25) is 0 Å². The van der Waals surface area contributed by atoms with Crippen LogP contribution in [0, 0.1) is 11.7 Å². The molecule has 2 aromatic rings. The van der Waals surface area contributed by atoms with Crippen molar-refractivity contribution < 1.29 is 26.3 Å². The molecular formula is C25H31F3N3O3PS. The maximum Gasteiger partial charge on any atom is 0.408 e. The van der Waals surface area contributed by atoms with Gasteiger partial charge in [0, 0.05) is 31.3 Å². The minimum absolute atomic E-state index is 0.0320. The first kappa shape index (κ1) is 27.0. The number of alkyl halides is 2. The van der Waals surface area contributed by atoms with Gasteiger partial charge in [-0.1, -0.05) is 12.1 Å². The van der Waals surface area contributed by atoms with Crippen molar-refractivity contribution in [3.63, 3.8) is 0 Å². The molecule has 2 saturated heterocycles. The molecule has 4 rings (SSSR count). The van der Waals surface area contributed by atoms with E-state index in [1.165, 1.54) is 49.9 Å². The molecule has 36 heavy (non-hydrogen) atoms. The van der Waals surface area contributed by atoms with Crippen molar-refractivity contribution in [3.05, 3.63) is 59.9 Å². The van der Waals surface area contributed by atoms with Crippen molar-refractivity contribution in [2.45, 2.75) is 42.3 Å². The normalized spacial score (nSPS) is 19.2. The van der Waals surface area contributed by atoms with E-state index in [0.717, 1.165) is 37.2 Å². The van der Waals surface area contributed by atoms with Crippen LogP contribution in [0.15, 0.2) is 58.4 Å². The first-order valence-corrected chi connectivity index (χ1v) is 14.1. The summed E-state index contributed by atoms with van der Waals surface area (Å²) in [5.74, 6) is -3.15. The molecule has 0 aromatic heterocycles. The van der Waals surface area contributed by atoms with Crippen molar-refractivity contribution in [2.75, 3.05) is 32.7 Å². The van der Waals surface area contributed by atoms with Gasteiger partial charge in [0.05, 0.1) is 4.90 Å². The lowest BCUT2D eigenvalue weighted by Crippen LogP contribution is -2.38. The van der Waals surface area contributed by atoms with Crippen LogP contribution < -0.4 is 10.1 Å². The van der Waals surface area contributed by atoms with E-state index in [4.69, 9.17) is 4.99 Å². The van der Waals surface area contributed by atoms with Crippen LogP contribution in [0.4, 0.5) is 13.2 Å². The van der Waals surface area contributed by atoms with Gasteiger partial charge in [-0.15, -0.1) is 0 Å². The Morgan fingerprint density at radius 1 is 1.06 bits per heavy atom. The van der Waals surface area contributed by atoms with Crippen molar-refractivity contribution in [1.29, 1.82) is 0 Å². The van der Waals surface area contributed by atoms with E-state index in [9.17, 15) is 21.6 Å². The number of nitrogens with zero attached hydrogens (tertiary/aromatic N) is 2. The third kappa shape index (κ3) is 7.06. The maximum atomic E-state index is 13.5. The molecule has 2 aliphatic heterocycles. The van der Waals surface area contributed by atoms with E-state index < -0.39 is 15.9 Å². The van der Waals surface area contributed by atoms with E-state index in [2.05, 4.69) is 10.1 Å². The number of hydrogen-bond donors (Lipinski definition) is 1. The lowest BCUT2D eigenvalue weighted by Gasteiger charge is -2.31. The van der Waals surface area contributed by atoms with Crippen molar-refractivity contribution in [3.8, 4) is 5.75 Å². The quantitative estimate of drug-likeness (QED) is 0.495. The minimum Gasteiger partial charge on any atom is -0.430 e. The van der Waals surface area contributed by atoms with Gasteiger partial charge >= 0.3 is 5.85 Å². The first-order chi connectivity index (χ1) is 17.1. The van der Waals surface area contributed by atoms with E-state index in [1.807, 2.05) is 12.1 Å². The van der Waals surface area contributed by atoms with Gasteiger partial charge in [-0.25, -0.2) is 12.8 Å². The number of halogens is 3. The Balaban J connectivity index is 1.39. The minimum atomic E-state index is -3.75. The van der Waals surface area contributed by atoms with Crippen molar-refractivity contribution >= 4 is 25.0 Å². The molecule has 0 spiro atoms. The third-order valence-corrected chi connectivity index (χ3v) is 8.81. The molecule has 2 fully saturated rings. The second-order valence-corrected chi connectivity index (χ2v) is 11.8. The molecule has 2 atom stereocenters. The molecular weight excluding hydrogens is 510 g/mol. The topological polar surface area (TPSA) is 71.0 Å². The van der Waals surface area contributed by atoms with Crippen molar-refractivity contribution in [1.82, 2.24) is 9.62 Å². The predicted molar refractivity (Wildman–Crippen MR) is 137 cm³/mol. The van der Waals surface area contributed by atoms with E-state index >= 15 is 0 Å². The highest BCUT2D eigenvalue weighted by Gasteiger charge is 2.30. The molecule has 2 unspecified atom stereocenters. The molecule has 2 aliphatic rings. The fourth-order valence-electron chi connectivity index (χ4n) is 4.84. The van der Waals surface area contributed by atoms with Crippen LogP contribution in [0.1, 0.15) is 37.2 Å². The van der Waals surface area contributed by atoms with Gasteiger partial charge in [0.1, 0.15) is 11.6 Å². The van der Waals surface area contributed by atoms with Crippen LogP contribution >= 0.6 is 9.24 Å². The van der Waals surface area contributed by atoms with E-state index in [1.54, 1.807) is 0 Å². The molecule has 0 amide bonds. The number of rotatable bonds is 8. The Bertz CT molecular complexity index is 1140. The molecule has 1 N–H and O–H groups in total. The number of benzene rings is 2. The molecule has 196 valence electrons. The highest BCUT2D eigenvalue weighted by atomic mass is 32.2. The van der Waals surface area contributed by atoms with E-state index in [-0.39, 0.29) is 22.4 Å². The Kier molecular flexibility index (Phi) is 8.71. The highest BCUT2D eigenvalue weighted by molar-refractivity contribution is 7.89. The van der Waals surface area contributed by atoms with Gasteiger partial charge in [-0.05, 0) is 95.9 Å². The van der Waals surface area contributed by atoms with Crippen LogP contribution in [-0.2, 0) is 10.0 Å². The SMILES string of the molecule is O=S(=O)(c1ccc(OC(F)(F)P)cc1)N1CCC(=NCC(c2ccc(F)cc2)C2CCNCC2)CC1. The Morgan fingerprint density at radius 3 is 2.25 bits per heavy atom. The van der Waals surface area contributed by atoms with Gasteiger partial charge in [-0.3, -0.25) is 4.99 Å². The summed E-state index contributed by atoms with van der Waals surface area (Å²) >= 11 is 0. The first-order valence-electron chi connectivity index (χ1n) is 12.1. The summed E-state index contributed by atoms with van der Waals surface area (Å²) in [5, 5.41) is 3.38. The van der Waals surface area contributed by atoms with Gasteiger partial charge in [0.2, 0.25) is 10.0 Å². The maximum absolute atomic E-state index is 13.5. The summed E-state index contributed by atoms with van der Waals surface area (Å²) in [6.45, 7) is 3.12. The fraction of sp³-hybridized carbons (Fsp3) is 0.480. The average Bonchev–Trinajstić information content (AvgIpc) is 2.85. The molecule has 11 heteroatoms. The largest absolute Gasteiger partial charge is 0.430 e. The van der Waals surface area contributed by atoms with Crippen LogP contribution in [0.3, 0.4) is 0 Å². The molecule has 2 aromatic carbocycles. The van der Waals surface area contributed by atoms with Crippen LogP contribution in [-0.4, -0.2) is 57.0 Å². The number of piperidine rings is 2. The van der Waals surface area contributed by atoms with Gasteiger partial charge in [0.15, 0.2) is 0 Å². The number of nitrogens with one attached hydrogen (secondary N) is 1. The number of sulfonamides is 1. The highest BCUT2D eigenvalue weighted by Crippen LogP contribution is 2.32. The molecule has 6 nitrogen and oxygen atoms in total. The van der Waals surface area contributed by atoms with Crippen LogP contribution in [0.25, 0.3) is 0 Å². The third-order valence-electron chi connectivity index (χ3n) is 6.78. The van der Waals surface area contributed by atoms with Crippen LogP contribution in [0.5, 0.6) is 5.75 Å². The second kappa shape index (κ2) is 11.6. The Labute approximate surface area is 212 Å². The Hall–Kier alpha value is -2.00. The number of ether oxygens (including phenoxy) is 1. The average molecular weight is 542 g/mol. The summed E-state index contributed by atoms with van der Waals surface area (Å²) in [7, 11) is -2.48. The number of hydrogen-bond acceptors (Lipinski definition) is 5. The molecule has 0 radical (unpaired) electrons. The smallest absolute Gasteiger partial charge is 0.408 e. The lowest BCUT2D eigenvalue weighted by molar-refractivity contribution is -0.0892. The van der Waals surface area contributed by atoms with Crippen molar-refractivity contribution in [2.24, 2.45) is 10.9 Å². The summed E-state index contributed by atoms with van der Waals surface area (Å²) in [4.78, 5) is 4.92. The molecule has 0 aliphatic carbocycles. The lowest BCUT2D eigenvalue weighted by atomic mass is 9.80. The zero-order valence-electron chi connectivity index (χ0n) is 19.9. The molecule has 0 saturated carbocycles. The van der Waals surface area contributed by atoms with E-state index in [0.29, 0.717) is 38.4 Å². The molecule has 2 heterocycles. The van der Waals surface area contributed by atoms with Gasteiger partial charge < -0.3 is 10.1 Å². The molecule has 0 bridgehead atoms. The summed E-state index contributed by atoms with van der Waals surface area (Å²) < 4.78 is 71.4.